The van der Waals surface area contributed by atoms with Crippen LogP contribution in [0.4, 0.5) is 0 Å². The third kappa shape index (κ3) is 5.47. The molecule has 0 radical (unpaired) electrons. The number of halogens is 1. The molecule has 1 amide bonds. The Hall–Kier alpha value is -2.64. The number of hydrogen-bond donors (Lipinski definition) is 1. The second-order valence-electron chi connectivity index (χ2n) is 8.58. The van der Waals surface area contributed by atoms with E-state index in [1.54, 1.807) is 18.3 Å². The van der Waals surface area contributed by atoms with Crippen molar-refractivity contribution in [3.05, 3.63) is 83.0 Å². The van der Waals surface area contributed by atoms with Crippen LogP contribution in [0.5, 0.6) is 0 Å². The van der Waals surface area contributed by atoms with Crippen LogP contribution in [0.3, 0.4) is 0 Å². The first-order valence-electron chi connectivity index (χ1n) is 11.0. The third-order valence-electron chi connectivity index (χ3n) is 6.31. The number of benzene rings is 2. The van der Waals surface area contributed by atoms with Crippen molar-refractivity contribution in [1.82, 2.24) is 10.3 Å². The lowest BCUT2D eigenvalue weighted by molar-refractivity contribution is -0.123. The Kier molecular flexibility index (Phi) is 7.20. The fourth-order valence-electron chi connectivity index (χ4n) is 4.76. The third-order valence-corrected chi connectivity index (χ3v) is 7.89. The van der Waals surface area contributed by atoms with Gasteiger partial charge in [-0.05, 0) is 42.0 Å². The maximum Gasteiger partial charge on any atom is 0.228 e. The molecule has 2 unspecified atom stereocenters. The highest BCUT2D eigenvalue weighted by Crippen LogP contribution is 2.46. The van der Waals surface area contributed by atoms with E-state index < -0.39 is 15.8 Å². The number of amides is 1. The van der Waals surface area contributed by atoms with Crippen molar-refractivity contribution in [1.29, 1.82) is 0 Å². The lowest BCUT2D eigenvalue weighted by atomic mass is 9.76. The normalized spacial score (nSPS) is 16.4. The van der Waals surface area contributed by atoms with Gasteiger partial charge in [-0.25, -0.2) is 13.4 Å². The molecule has 0 spiro atoms. The summed E-state index contributed by atoms with van der Waals surface area (Å²) >= 11 is 6.38. The van der Waals surface area contributed by atoms with E-state index >= 15 is 0 Å². The number of nitrogens with zero attached hydrogens (tertiary/aromatic N) is 1. The summed E-state index contributed by atoms with van der Waals surface area (Å²) in [4.78, 5) is 18.1. The fourth-order valence-corrected chi connectivity index (χ4v) is 6.10. The van der Waals surface area contributed by atoms with Gasteiger partial charge in [0.15, 0.2) is 15.7 Å². The zero-order chi connectivity index (χ0) is 23.4. The van der Waals surface area contributed by atoms with Crippen LogP contribution in [0.15, 0.2) is 70.3 Å². The zero-order valence-electron chi connectivity index (χ0n) is 18.4. The van der Waals surface area contributed by atoms with E-state index in [2.05, 4.69) is 10.3 Å². The number of hydrogen-bond acceptors (Lipinski definition) is 5. The van der Waals surface area contributed by atoms with Gasteiger partial charge in [0, 0.05) is 12.8 Å². The summed E-state index contributed by atoms with van der Waals surface area (Å²) in [6, 6.07) is 14.4. The van der Waals surface area contributed by atoms with Crippen LogP contribution in [0.1, 0.15) is 54.5 Å². The van der Waals surface area contributed by atoms with Crippen LogP contribution in [0.25, 0.3) is 0 Å². The van der Waals surface area contributed by atoms with Crippen LogP contribution in [0, 0.1) is 5.92 Å². The molecule has 8 heteroatoms. The molecular formula is C25H27ClN2O4S. The Morgan fingerprint density at radius 1 is 1.18 bits per heavy atom. The Morgan fingerprint density at radius 2 is 1.91 bits per heavy atom. The smallest absolute Gasteiger partial charge is 0.228 e. The molecule has 1 heterocycles. The topological polar surface area (TPSA) is 89.3 Å². The highest BCUT2D eigenvalue weighted by atomic mass is 35.5. The van der Waals surface area contributed by atoms with Gasteiger partial charge in [-0.3, -0.25) is 4.79 Å². The summed E-state index contributed by atoms with van der Waals surface area (Å²) < 4.78 is 29.9. The first-order chi connectivity index (χ1) is 15.8. The molecule has 0 bridgehead atoms. The second kappa shape index (κ2) is 10.1. The van der Waals surface area contributed by atoms with Crippen LogP contribution in [-0.4, -0.2) is 25.6 Å². The van der Waals surface area contributed by atoms with Crippen molar-refractivity contribution in [2.45, 2.75) is 49.0 Å². The van der Waals surface area contributed by atoms with Gasteiger partial charge in [0.05, 0.1) is 28.0 Å². The summed E-state index contributed by atoms with van der Waals surface area (Å²) in [6.45, 7) is 0.383. The van der Waals surface area contributed by atoms with E-state index in [9.17, 15) is 13.2 Å². The van der Waals surface area contributed by atoms with Gasteiger partial charge >= 0.3 is 0 Å². The monoisotopic (exact) mass is 486 g/mol. The molecule has 1 N–H and O–H groups in total. The molecule has 1 aliphatic carbocycles. The molecule has 33 heavy (non-hydrogen) atoms. The predicted molar refractivity (Wildman–Crippen MR) is 127 cm³/mol. The Bertz CT molecular complexity index is 1190. The van der Waals surface area contributed by atoms with Gasteiger partial charge in [-0.1, -0.05) is 60.8 Å². The van der Waals surface area contributed by atoms with Gasteiger partial charge in [0.2, 0.25) is 5.91 Å². The van der Waals surface area contributed by atoms with E-state index in [0.717, 1.165) is 37.5 Å². The quantitative estimate of drug-likeness (QED) is 0.478. The first-order valence-corrected chi connectivity index (χ1v) is 13.3. The molecule has 4 rings (SSSR count). The van der Waals surface area contributed by atoms with Crippen LogP contribution >= 0.6 is 11.6 Å². The molecular weight excluding hydrogens is 460 g/mol. The van der Waals surface area contributed by atoms with Gasteiger partial charge in [0.25, 0.3) is 0 Å². The van der Waals surface area contributed by atoms with Crippen molar-refractivity contribution < 1.29 is 17.6 Å². The lowest BCUT2D eigenvalue weighted by Gasteiger charge is -2.29. The van der Waals surface area contributed by atoms with E-state index in [1.807, 2.05) is 30.3 Å². The largest absolute Gasteiger partial charge is 0.449 e. The summed E-state index contributed by atoms with van der Waals surface area (Å²) in [5.74, 6) is -0.327. The standard InChI is InChI=1S/C25H27ClN2O4S/c1-33(30,31)21-12-11-19(15-20(21)26)22(24(29)28-16-17-7-3-2-4-8-17)23(18-9-5-6-10-18)25-27-13-14-32-25/h2-4,7-8,11-15,18,22-23H,5-6,9-10,16H2,1H3,(H,28,29). The molecule has 1 saturated carbocycles. The van der Waals surface area contributed by atoms with E-state index in [-0.39, 0.29) is 27.7 Å². The summed E-state index contributed by atoms with van der Waals surface area (Å²) in [6.07, 6.45) is 8.37. The average molecular weight is 487 g/mol. The number of rotatable bonds is 8. The van der Waals surface area contributed by atoms with Crippen molar-refractivity contribution in [3.63, 3.8) is 0 Å². The zero-order valence-corrected chi connectivity index (χ0v) is 20.0. The Balaban J connectivity index is 1.74. The molecule has 1 fully saturated rings. The molecule has 1 aliphatic rings. The highest BCUT2D eigenvalue weighted by Gasteiger charge is 2.40. The van der Waals surface area contributed by atoms with E-state index in [1.165, 1.54) is 12.3 Å². The van der Waals surface area contributed by atoms with Crippen LogP contribution < -0.4 is 5.32 Å². The van der Waals surface area contributed by atoms with E-state index in [4.69, 9.17) is 16.0 Å². The van der Waals surface area contributed by atoms with Crippen LogP contribution in [-0.2, 0) is 21.2 Å². The molecule has 174 valence electrons. The molecule has 2 aromatic carbocycles. The second-order valence-corrected chi connectivity index (χ2v) is 11.0. The van der Waals surface area contributed by atoms with Crippen molar-refractivity contribution in [3.8, 4) is 0 Å². The van der Waals surface area contributed by atoms with Crippen molar-refractivity contribution in [2.24, 2.45) is 5.92 Å². The number of oxazole rings is 1. The summed E-state index contributed by atoms with van der Waals surface area (Å²) in [5.41, 5.74) is 1.64. The number of sulfone groups is 1. The number of aromatic nitrogens is 1. The van der Waals surface area contributed by atoms with Gasteiger partial charge < -0.3 is 9.73 Å². The minimum absolute atomic E-state index is 0.0462. The minimum atomic E-state index is -3.48. The molecule has 0 saturated heterocycles. The number of nitrogens with one attached hydrogen (secondary N) is 1. The number of carbonyl (C=O) groups excluding carboxylic acids is 1. The summed E-state index contributed by atoms with van der Waals surface area (Å²) in [7, 11) is -3.48. The van der Waals surface area contributed by atoms with Crippen LogP contribution in [0.2, 0.25) is 5.02 Å². The highest BCUT2D eigenvalue weighted by molar-refractivity contribution is 7.90. The van der Waals surface area contributed by atoms with Crippen molar-refractivity contribution in [2.75, 3.05) is 6.26 Å². The fraction of sp³-hybridized carbons (Fsp3) is 0.360. The van der Waals surface area contributed by atoms with Gasteiger partial charge in [-0.15, -0.1) is 0 Å². The molecule has 2 atom stereocenters. The Morgan fingerprint density at radius 3 is 2.52 bits per heavy atom. The number of carbonyl (C=O) groups is 1. The first kappa shape index (κ1) is 23.5. The molecule has 0 aliphatic heterocycles. The van der Waals surface area contributed by atoms with Crippen molar-refractivity contribution >= 4 is 27.3 Å². The van der Waals surface area contributed by atoms with Gasteiger partial charge in [0.1, 0.15) is 6.26 Å². The molecule has 1 aromatic heterocycles. The SMILES string of the molecule is CS(=O)(=O)c1ccc(C(C(=O)NCc2ccccc2)C(c2ncco2)C2CCCC2)cc1Cl. The van der Waals surface area contributed by atoms with Gasteiger partial charge in [-0.2, -0.15) is 0 Å². The lowest BCUT2D eigenvalue weighted by Crippen LogP contribution is -2.35. The molecule has 3 aromatic rings. The minimum Gasteiger partial charge on any atom is -0.449 e. The molecule has 6 nitrogen and oxygen atoms in total. The maximum absolute atomic E-state index is 13.7. The Labute approximate surface area is 199 Å². The average Bonchev–Trinajstić information content (AvgIpc) is 3.50. The van der Waals surface area contributed by atoms with E-state index in [0.29, 0.717) is 18.0 Å². The summed E-state index contributed by atoms with van der Waals surface area (Å²) in [5, 5.41) is 3.16. The predicted octanol–water partition coefficient (Wildman–Crippen LogP) is 5.11. The maximum atomic E-state index is 13.7.